The molecule has 5 heteroatoms. The van der Waals surface area contributed by atoms with Crippen LogP contribution < -0.4 is 10.5 Å². The fourth-order valence-electron chi connectivity index (χ4n) is 1.27. The highest BCUT2D eigenvalue weighted by Crippen LogP contribution is 2.25. The highest BCUT2D eigenvalue weighted by atomic mass is 35.5. The number of nitrogens with zero attached hydrogens (tertiary/aromatic N) is 1. The van der Waals surface area contributed by atoms with E-state index in [9.17, 15) is 0 Å². The van der Waals surface area contributed by atoms with Crippen LogP contribution in [0, 0.1) is 0 Å². The van der Waals surface area contributed by atoms with Gasteiger partial charge in [-0.25, -0.2) is 4.98 Å². The quantitative estimate of drug-likeness (QED) is 0.919. The number of hydrogen-bond acceptors (Lipinski definition) is 4. The van der Waals surface area contributed by atoms with Crippen molar-refractivity contribution in [3.05, 3.63) is 35.3 Å². The molecule has 16 heavy (non-hydrogen) atoms. The van der Waals surface area contributed by atoms with Crippen LogP contribution in [0.1, 0.15) is 5.69 Å². The Morgan fingerprint density at radius 1 is 1.31 bits per heavy atom. The Morgan fingerprint density at radius 2 is 2.00 bits per heavy atom. The van der Waals surface area contributed by atoms with Crippen LogP contribution in [0.25, 0.3) is 10.6 Å². The molecule has 0 spiro atoms. The highest BCUT2D eigenvalue weighted by Gasteiger charge is 2.03. The Balaban J connectivity index is 0.00000128. The lowest BCUT2D eigenvalue weighted by atomic mass is 10.2. The zero-order valence-corrected chi connectivity index (χ0v) is 10.5. The molecule has 0 atom stereocenters. The summed E-state index contributed by atoms with van der Waals surface area (Å²) in [5.41, 5.74) is 7.54. The number of aromatic nitrogens is 1. The van der Waals surface area contributed by atoms with Crippen LogP contribution in [0.5, 0.6) is 5.75 Å². The molecule has 3 nitrogen and oxygen atoms in total. The third kappa shape index (κ3) is 2.72. The summed E-state index contributed by atoms with van der Waals surface area (Å²) in [5, 5.41) is 2.98. The fraction of sp³-hybridized carbons (Fsp3) is 0.182. The van der Waals surface area contributed by atoms with Gasteiger partial charge in [0.05, 0.1) is 12.8 Å². The van der Waals surface area contributed by atoms with Gasteiger partial charge in [-0.1, -0.05) is 0 Å². The Kier molecular flexibility index (Phi) is 4.73. The first-order valence-electron chi connectivity index (χ1n) is 4.62. The van der Waals surface area contributed by atoms with E-state index in [1.54, 1.807) is 18.4 Å². The summed E-state index contributed by atoms with van der Waals surface area (Å²) >= 11 is 1.61. The van der Waals surface area contributed by atoms with E-state index in [0.29, 0.717) is 6.54 Å². The molecule has 0 saturated heterocycles. The van der Waals surface area contributed by atoms with Crippen molar-refractivity contribution in [2.24, 2.45) is 5.73 Å². The van der Waals surface area contributed by atoms with Crippen LogP contribution in [-0.2, 0) is 6.54 Å². The minimum absolute atomic E-state index is 0. The second kappa shape index (κ2) is 5.84. The third-order valence-electron chi connectivity index (χ3n) is 2.10. The van der Waals surface area contributed by atoms with Crippen LogP contribution in [0.2, 0.25) is 0 Å². The van der Waals surface area contributed by atoms with Gasteiger partial charge in [0, 0.05) is 17.5 Å². The number of methoxy groups -OCH3 is 1. The molecular formula is C11H13ClN2OS. The molecule has 0 aliphatic rings. The normalized spacial score (nSPS) is 9.62. The molecule has 0 saturated carbocycles. The molecule has 0 fully saturated rings. The van der Waals surface area contributed by atoms with Gasteiger partial charge in [0.15, 0.2) is 0 Å². The first kappa shape index (κ1) is 13.0. The Morgan fingerprint density at radius 3 is 2.50 bits per heavy atom. The molecule has 1 aromatic carbocycles. The molecule has 0 amide bonds. The molecular weight excluding hydrogens is 244 g/mol. The number of nitrogens with two attached hydrogens (primary N) is 1. The predicted molar refractivity (Wildman–Crippen MR) is 69.2 cm³/mol. The van der Waals surface area contributed by atoms with E-state index in [2.05, 4.69) is 4.98 Å². The van der Waals surface area contributed by atoms with Crippen LogP contribution in [-0.4, -0.2) is 12.1 Å². The topological polar surface area (TPSA) is 48.1 Å². The van der Waals surface area contributed by atoms with Crippen molar-refractivity contribution in [3.8, 4) is 16.3 Å². The number of halogens is 1. The summed E-state index contributed by atoms with van der Waals surface area (Å²) in [6.07, 6.45) is 0. The number of thiazole rings is 1. The smallest absolute Gasteiger partial charge is 0.123 e. The maximum Gasteiger partial charge on any atom is 0.123 e. The van der Waals surface area contributed by atoms with Crippen molar-refractivity contribution < 1.29 is 4.74 Å². The van der Waals surface area contributed by atoms with Gasteiger partial charge in [0.2, 0.25) is 0 Å². The Bertz CT molecular complexity index is 442. The molecule has 1 aromatic heterocycles. The van der Waals surface area contributed by atoms with Gasteiger partial charge in [0.25, 0.3) is 0 Å². The summed E-state index contributed by atoms with van der Waals surface area (Å²) in [6.45, 7) is 0.493. The molecule has 2 rings (SSSR count). The summed E-state index contributed by atoms with van der Waals surface area (Å²) in [7, 11) is 1.66. The van der Waals surface area contributed by atoms with Crippen molar-refractivity contribution in [3.63, 3.8) is 0 Å². The van der Waals surface area contributed by atoms with E-state index >= 15 is 0 Å². The predicted octanol–water partition coefficient (Wildman–Crippen LogP) is 2.70. The number of ether oxygens (including phenoxy) is 1. The zero-order chi connectivity index (χ0) is 10.7. The summed E-state index contributed by atoms with van der Waals surface area (Å²) in [5.74, 6) is 0.856. The van der Waals surface area contributed by atoms with Gasteiger partial charge in [-0.2, -0.15) is 0 Å². The monoisotopic (exact) mass is 256 g/mol. The molecule has 2 aromatic rings. The van der Waals surface area contributed by atoms with Gasteiger partial charge in [-0.15, -0.1) is 23.7 Å². The van der Waals surface area contributed by atoms with Crippen molar-refractivity contribution in [1.82, 2.24) is 4.98 Å². The standard InChI is InChI=1S/C11H12N2OS.ClH/c1-14-10-4-2-8(3-5-10)11-13-9(6-12)7-15-11;/h2-5,7H,6,12H2,1H3;1H. The highest BCUT2D eigenvalue weighted by molar-refractivity contribution is 7.13. The molecule has 86 valence electrons. The molecule has 0 radical (unpaired) electrons. The maximum absolute atomic E-state index is 5.51. The Hall–Kier alpha value is -1.10. The lowest BCUT2D eigenvalue weighted by Crippen LogP contribution is -1.95. The van der Waals surface area contributed by atoms with Gasteiger partial charge in [-0.3, -0.25) is 0 Å². The number of hydrogen-bond donors (Lipinski definition) is 1. The lowest BCUT2D eigenvalue weighted by molar-refractivity contribution is 0.415. The minimum atomic E-state index is 0. The van der Waals surface area contributed by atoms with E-state index in [1.807, 2.05) is 29.6 Å². The number of benzene rings is 1. The van der Waals surface area contributed by atoms with Gasteiger partial charge >= 0.3 is 0 Å². The average molecular weight is 257 g/mol. The molecule has 0 bridgehead atoms. The SMILES string of the molecule is COc1ccc(-c2nc(CN)cs2)cc1.Cl. The summed E-state index contributed by atoms with van der Waals surface area (Å²) < 4.78 is 5.09. The summed E-state index contributed by atoms with van der Waals surface area (Å²) in [6, 6.07) is 7.85. The minimum Gasteiger partial charge on any atom is -0.497 e. The second-order valence-electron chi connectivity index (χ2n) is 3.08. The molecule has 1 heterocycles. The lowest BCUT2D eigenvalue weighted by Gasteiger charge is -1.99. The second-order valence-corrected chi connectivity index (χ2v) is 3.93. The van der Waals surface area contributed by atoms with E-state index in [0.717, 1.165) is 22.0 Å². The van der Waals surface area contributed by atoms with Crippen molar-refractivity contribution >= 4 is 23.7 Å². The van der Waals surface area contributed by atoms with E-state index in [1.165, 1.54) is 0 Å². The molecule has 0 aliphatic carbocycles. The largest absolute Gasteiger partial charge is 0.497 e. The van der Waals surface area contributed by atoms with E-state index in [-0.39, 0.29) is 12.4 Å². The van der Waals surface area contributed by atoms with Crippen LogP contribution in [0.4, 0.5) is 0 Å². The van der Waals surface area contributed by atoms with Gasteiger partial charge in [0.1, 0.15) is 10.8 Å². The van der Waals surface area contributed by atoms with Crippen molar-refractivity contribution in [1.29, 1.82) is 0 Å². The average Bonchev–Trinajstić information content (AvgIpc) is 2.78. The first-order chi connectivity index (χ1) is 7.33. The van der Waals surface area contributed by atoms with E-state index in [4.69, 9.17) is 10.5 Å². The van der Waals surface area contributed by atoms with Gasteiger partial charge in [-0.05, 0) is 24.3 Å². The summed E-state index contributed by atoms with van der Waals surface area (Å²) in [4.78, 5) is 4.41. The van der Waals surface area contributed by atoms with Gasteiger partial charge < -0.3 is 10.5 Å². The number of rotatable bonds is 3. The van der Waals surface area contributed by atoms with Crippen molar-refractivity contribution in [2.75, 3.05) is 7.11 Å². The molecule has 0 unspecified atom stereocenters. The van der Waals surface area contributed by atoms with Crippen LogP contribution >= 0.6 is 23.7 Å². The first-order valence-corrected chi connectivity index (χ1v) is 5.50. The van der Waals surface area contributed by atoms with E-state index < -0.39 is 0 Å². The molecule has 2 N–H and O–H groups in total. The van der Waals surface area contributed by atoms with Crippen LogP contribution in [0.15, 0.2) is 29.6 Å². The third-order valence-corrected chi connectivity index (χ3v) is 3.04. The maximum atomic E-state index is 5.51. The zero-order valence-electron chi connectivity index (χ0n) is 8.84. The fourth-order valence-corrected chi connectivity index (χ4v) is 2.11. The molecule has 0 aliphatic heterocycles. The Labute approximate surface area is 105 Å². The van der Waals surface area contributed by atoms with Crippen molar-refractivity contribution in [2.45, 2.75) is 6.54 Å². The van der Waals surface area contributed by atoms with Crippen LogP contribution in [0.3, 0.4) is 0 Å².